The highest BCUT2D eigenvalue weighted by atomic mass is 79.9. The second-order valence-corrected chi connectivity index (χ2v) is 5.46. The van der Waals surface area contributed by atoms with E-state index < -0.39 is 0 Å². The first kappa shape index (κ1) is 14.2. The Morgan fingerprint density at radius 1 is 1.42 bits per heavy atom. The van der Waals surface area contributed by atoms with Crippen molar-refractivity contribution in [2.45, 2.75) is 32.9 Å². The molecule has 1 aromatic carbocycles. The molecule has 0 bridgehead atoms. The van der Waals surface area contributed by atoms with Crippen molar-refractivity contribution in [3.8, 4) is 0 Å². The van der Waals surface area contributed by atoms with Crippen molar-refractivity contribution in [3.05, 3.63) is 51.8 Å². The molecule has 3 N–H and O–H groups in total. The van der Waals surface area contributed by atoms with Gasteiger partial charge in [0, 0.05) is 17.2 Å². The predicted octanol–water partition coefficient (Wildman–Crippen LogP) is 2.92. The molecule has 1 heterocycles. The number of aromatic nitrogens is 2. The summed E-state index contributed by atoms with van der Waals surface area (Å²) in [5.74, 6) is 5.77. The van der Waals surface area contributed by atoms with Gasteiger partial charge in [0.1, 0.15) is 0 Å². The Labute approximate surface area is 122 Å². The highest BCUT2D eigenvalue weighted by molar-refractivity contribution is 9.10. The fraction of sp³-hybridized carbons (Fsp3) is 0.357. The molecule has 0 fully saturated rings. The van der Waals surface area contributed by atoms with Gasteiger partial charge in [-0.15, -0.1) is 0 Å². The molecule has 0 aliphatic heterocycles. The fourth-order valence-electron chi connectivity index (χ4n) is 2.21. The van der Waals surface area contributed by atoms with Crippen LogP contribution in [0, 0.1) is 6.92 Å². The van der Waals surface area contributed by atoms with E-state index in [1.54, 1.807) is 0 Å². The van der Waals surface area contributed by atoms with Crippen LogP contribution in [-0.2, 0) is 6.54 Å². The minimum absolute atomic E-state index is 0.0664. The zero-order valence-corrected chi connectivity index (χ0v) is 12.8. The van der Waals surface area contributed by atoms with Gasteiger partial charge in [0.05, 0.1) is 11.7 Å². The molecule has 1 unspecified atom stereocenters. The van der Waals surface area contributed by atoms with E-state index >= 15 is 0 Å². The summed E-state index contributed by atoms with van der Waals surface area (Å²) in [7, 11) is 0. The third-order valence-electron chi connectivity index (χ3n) is 3.11. The summed E-state index contributed by atoms with van der Waals surface area (Å²) >= 11 is 3.60. The molecule has 5 heteroatoms. The summed E-state index contributed by atoms with van der Waals surface area (Å²) < 4.78 is 3.05. The summed E-state index contributed by atoms with van der Waals surface area (Å²) in [6.07, 6.45) is 2.86. The van der Waals surface area contributed by atoms with Gasteiger partial charge >= 0.3 is 0 Å². The monoisotopic (exact) mass is 322 g/mol. The third-order valence-corrected chi connectivity index (χ3v) is 3.83. The van der Waals surface area contributed by atoms with Gasteiger partial charge in [-0.05, 0) is 31.0 Å². The van der Waals surface area contributed by atoms with E-state index in [0.29, 0.717) is 0 Å². The number of hydrazine groups is 1. The highest BCUT2D eigenvalue weighted by Gasteiger charge is 2.19. The van der Waals surface area contributed by atoms with E-state index in [1.807, 2.05) is 16.9 Å². The van der Waals surface area contributed by atoms with Crippen LogP contribution < -0.4 is 11.3 Å². The summed E-state index contributed by atoms with van der Waals surface area (Å²) in [4.78, 5) is 0. The molecule has 0 radical (unpaired) electrons. The molecule has 19 heavy (non-hydrogen) atoms. The fourth-order valence-corrected chi connectivity index (χ4v) is 2.68. The van der Waals surface area contributed by atoms with Gasteiger partial charge in [-0.3, -0.25) is 10.5 Å². The van der Waals surface area contributed by atoms with E-state index in [4.69, 9.17) is 5.84 Å². The molecular formula is C14H19BrN4. The van der Waals surface area contributed by atoms with Gasteiger partial charge in [0.25, 0.3) is 0 Å². The maximum atomic E-state index is 5.77. The first-order chi connectivity index (χ1) is 9.17. The lowest BCUT2D eigenvalue weighted by Gasteiger charge is -2.20. The molecule has 0 aliphatic carbocycles. The molecule has 2 rings (SSSR count). The van der Waals surface area contributed by atoms with E-state index in [1.165, 1.54) is 5.56 Å². The Morgan fingerprint density at radius 3 is 2.89 bits per heavy atom. The number of nitrogens with zero attached hydrogens (tertiary/aromatic N) is 2. The van der Waals surface area contributed by atoms with E-state index in [2.05, 4.69) is 58.5 Å². The average molecular weight is 323 g/mol. The van der Waals surface area contributed by atoms with Gasteiger partial charge in [-0.25, -0.2) is 5.43 Å². The lowest BCUT2D eigenvalue weighted by Crippen LogP contribution is -2.31. The van der Waals surface area contributed by atoms with Crippen molar-refractivity contribution < 1.29 is 0 Å². The lowest BCUT2D eigenvalue weighted by molar-refractivity contribution is 0.520. The molecule has 0 saturated carbocycles. The van der Waals surface area contributed by atoms with Gasteiger partial charge in [0.15, 0.2) is 0 Å². The number of benzene rings is 1. The van der Waals surface area contributed by atoms with E-state index in [9.17, 15) is 0 Å². The number of hydrogen-bond acceptors (Lipinski definition) is 3. The molecule has 4 nitrogen and oxygen atoms in total. The van der Waals surface area contributed by atoms with Crippen molar-refractivity contribution in [1.82, 2.24) is 15.2 Å². The summed E-state index contributed by atoms with van der Waals surface area (Å²) in [6, 6.07) is 8.20. The van der Waals surface area contributed by atoms with Crippen LogP contribution in [0.25, 0.3) is 0 Å². The van der Waals surface area contributed by atoms with Gasteiger partial charge in [-0.1, -0.05) is 40.5 Å². The number of hydrogen-bond donors (Lipinski definition) is 2. The van der Waals surface area contributed by atoms with Crippen molar-refractivity contribution in [2.24, 2.45) is 5.84 Å². The zero-order chi connectivity index (χ0) is 13.8. The minimum Gasteiger partial charge on any atom is -0.271 e. The summed E-state index contributed by atoms with van der Waals surface area (Å²) in [6.45, 7) is 5.11. The molecule has 1 atom stereocenters. The maximum Gasteiger partial charge on any atom is 0.0889 e. The van der Waals surface area contributed by atoms with Crippen molar-refractivity contribution >= 4 is 15.9 Å². The Balaban J connectivity index is 2.44. The SMILES string of the molecule is CCCn1nccc1C(NN)c1cc(C)ccc1Br. The van der Waals surface area contributed by atoms with Crippen LogP contribution in [0.4, 0.5) is 0 Å². The zero-order valence-electron chi connectivity index (χ0n) is 11.2. The van der Waals surface area contributed by atoms with E-state index in [-0.39, 0.29) is 6.04 Å². The standard InChI is InChI=1S/C14H19BrN4/c1-3-8-19-13(6-7-17-19)14(18-16)11-9-10(2)4-5-12(11)15/h4-7,9,14,18H,3,8,16H2,1-2H3. The second-order valence-electron chi connectivity index (χ2n) is 4.60. The normalized spacial score (nSPS) is 12.6. The van der Waals surface area contributed by atoms with Crippen molar-refractivity contribution in [1.29, 1.82) is 0 Å². The Kier molecular flexibility index (Phi) is 4.74. The molecular weight excluding hydrogens is 304 g/mol. The molecule has 0 saturated heterocycles. The number of aryl methyl sites for hydroxylation is 2. The number of nitrogens with one attached hydrogen (secondary N) is 1. The highest BCUT2D eigenvalue weighted by Crippen LogP contribution is 2.29. The topological polar surface area (TPSA) is 55.9 Å². The maximum absolute atomic E-state index is 5.77. The average Bonchev–Trinajstić information content (AvgIpc) is 2.83. The van der Waals surface area contributed by atoms with Crippen molar-refractivity contribution in [2.75, 3.05) is 0 Å². The summed E-state index contributed by atoms with van der Waals surface area (Å²) in [5, 5.41) is 4.36. The molecule has 0 amide bonds. The van der Waals surface area contributed by atoms with E-state index in [0.717, 1.165) is 28.7 Å². The summed E-state index contributed by atoms with van der Waals surface area (Å²) in [5.41, 5.74) is 6.31. The predicted molar refractivity (Wildman–Crippen MR) is 80.6 cm³/mol. The number of rotatable bonds is 5. The van der Waals surface area contributed by atoms with Gasteiger partial charge in [0.2, 0.25) is 0 Å². The van der Waals surface area contributed by atoms with Crippen LogP contribution in [0.3, 0.4) is 0 Å². The lowest BCUT2D eigenvalue weighted by atomic mass is 10.0. The smallest absolute Gasteiger partial charge is 0.0889 e. The van der Waals surface area contributed by atoms with Crippen LogP contribution in [0.1, 0.15) is 36.2 Å². The van der Waals surface area contributed by atoms with Crippen LogP contribution >= 0.6 is 15.9 Å². The second kappa shape index (κ2) is 6.32. The molecule has 0 spiro atoms. The van der Waals surface area contributed by atoms with Crippen LogP contribution in [-0.4, -0.2) is 9.78 Å². The molecule has 1 aromatic heterocycles. The molecule has 2 aromatic rings. The first-order valence-electron chi connectivity index (χ1n) is 6.41. The first-order valence-corrected chi connectivity index (χ1v) is 7.20. The molecule has 102 valence electrons. The minimum atomic E-state index is -0.0664. The van der Waals surface area contributed by atoms with Gasteiger partial charge < -0.3 is 0 Å². The Bertz CT molecular complexity index is 550. The Hall–Kier alpha value is -1.17. The van der Waals surface area contributed by atoms with Crippen LogP contribution in [0.15, 0.2) is 34.9 Å². The number of nitrogens with two attached hydrogens (primary N) is 1. The third kappa shape index (κ3) is 3.05. The van der Waals surface area contributed by atoms with Crippen LogP contribution in [0.2, 0.25) is 0 Å². The largest absolute Gasteiger partial charge is 0.271 e. The van der Waals surface area contributed by atoms with Crippen molar-refractivity contribution in [3.63, 3.8) is 0 Å². The number of halogens is 1. The van der Waals surface area contributed by atoms with Gasteiger partial charge in [-0.2, -0.15) is 5.10 Å². The molecule has 0 aliphatic rings. The quantitative estimate of drug-likeness (QED) is 0.657. The van der Waals surface area contributed by atoms with Crippen LogP contribution in [0.5, 0.6) is 0 Å². The Morgan fingerprint density at radius 2 is 2.21 bits per heavy atom.